The van der Waals surface area contributed by atoms with E-state index >= 15 is 0 Å². The van der Waals surface area contributed by atoms with Crippen molar-refractivity contribution in [1.82, 2.24) is 19.7 Å². The van der Waals surface area contributed by atoms with Crippen LogP contribution >= 0.6 is 0 Å². The van der Waals surface area contributed by atoms with Gasteiger partial charge in [-0.25, -0.2) is 14.5 Å². The van der Waals surface area contributed by atoms with Gasteiger partial charge in [0.15, 0.2) is 0 Å². The number of hydrogen-bond acceptors (Lipinski definition) is 6. The van der Waals surface area contributed by atoms with E-state index in [-0.39, 0.29) is 6.03 Å². The highest BCUT2D eigenvalue weighted by Crippen LogP contribution is 2.28. The highest BCUT2D eigenvalue weighted by molar-refractivity contribution is 6.01. The van der Waals surface area contributed by atoms with Crippen LogP contribution in [0.2, 0.25) is 0 Å². The minimum atomic E-state index is -0.316. The molecule has 5 rings (SSSR count). The van der Waals surface area contributed by atoms with E-state index in [1.165, 1.54) is 0 Å². The van der Waals surface area contributed by atoms with Gasteiger partial charge in [0.1, 0.15) is 11.6 Å². The van der Waals surface area contributed by atoms with Gasteiger partial charge in [0.2, 0.25) is 0 Å². The lowest BCUT2D eigenvalue weighted by atomic mass is 10.2. The smallest absolute Gasteiger partial charge is 0.323 e. The first-order chi connectivity index (χ1) is 19.5. The number of pyridine rings is 1. The van der Waals surface area contributed by atoms with Crippen molar-refractivity contribution >= 4 is 23.2 Å². The van der Waals surface area contributed by atoms with Crippen LogP contribution in [0.4, 0.5) is 22.0 Å². The number of hydrogen-bond donors (Lipinski definition) is 2. The second kappa shape index (κ2) is 12.7. The molecule has 9 heteroatoms. The Kier molecular flexibility index (Phi) is 8.61. The number of benzene rings is 2. The molecule has 1 fully saturated rings. The molecule has 0 saturated carbocycles. The lowest BCUT2D eigenvalue weighted by Gasteiger charge is -2.35. The molecule has 0 unspecified atom stereocenters. The normalized spacial score (nSPS) is 13.7. The number of piperazine rings is 1. The van der Waals surface area contributed by atoms with Crippen LogP contribution in [0.1, 0.15) is 23.4 Å². The molecule has 208 valence electrons. The number of aromatic nitrogens is 3. The van der Waals surface area contributed by atoms with E-state index in [4.69, 9.17) is 4.74 Å². The van der Waals surface area contributed by atoms with Gasteiger partial charge in [0.05, 0.1) is 23.7 Å². The summed E-state index contributed by atoms with van der Waals surface area (Å²) in [6.07, 6.45) is 2.75. The molecule has 1 saturated heterocycles. The molecule has 4 aromatic rings. The maximum Gasteiger partial charge on any atom is 0.323 e. The molecule has 1 aliphatic rings. The summed E-state index contributed by atoms with van der Waals surface area (Å²) in [5.74, 6) is 1.72. The molecule has 0 spiro atoms. The highest BCUT2D eigenvalue weighted by Gasteiger charge is 2.18. The van der Waals surface area contributed by atoms with Crippen molar-refractivity contribution in [2.75, 3.05) is 54.9 Å². The minimum absolute atomic E-state index is 0.316. The largest absolute Gasteiger partial charge is 0.491 e. The lowest BCUT2D eigenvalue weighted by molar-refractivity contribution is 0.224. The van der Waals surface area contributed by atoms with Gasteiger partial charge in [0.25, 0.3) is 0 Å². The Balaban J connectivity index is 1.10. The second-order valence-corrected chi connectivity index (χ2v) is 10.1. The summed E-state index contributed by atoms with van der Waals surface area (Å²) in [7, 11) is 0. The van der Waals surface area contributed by atoms with Gasteiger partial charge >= 0.3 is 6.03 Å². The van der Waals surface area contributed by atoms with E-state index in [2.05, 4.69) is 36.6 Å². The maximum atomic E-state index is 12.9. The quantitative estimate of drug-likeness (QED) is 0.276. The molecule has 9 nitrogen and oxygen atoms in total. The fourth-order valence-electron chi connectivity index (χ4n) is 4.99. The van der Waals surface area contributed by atoms with Crippen LogP contribution in [-0.4, -0.2) is 65.0 Å². The number of nitrogens with one attached hydrogen (secondary N) is 2. The van der Waals surface area contributed by atoms with E-state index < -0.39 is 0 Å². The highest BCUT2D eigenvalue weighted by atomic mass is 16.5. The molecule has 1 aliphatic heterocycles. The first kappa shape index (κ1) is 27.2. The number of rotatable bonds is 9. The molecule has 40 heavy (non-hydrogen) atoms. The molecule has 2 N–H and O–H groups in total. The van der Waals surface area contributed by atoms with Crippen LogP contribution in [0, 0.1) is 20.8 Å². The van der Waals surface area contributed by atoms with Gasteiger partial charge in [-0.2, -0.15) is 5.10 Å². The van der Waals surface area contributed by atoms with Crippen LogP contribution < -0.4 is 20.3 Å². The number of aryl methyl sites for hydroxylation is 3. The number of nitrogens with zero attached hydrogens (tertiary/aromatic N) is 5. The summed E-state index contributed by atoms with van der Waals surface area (Å²) in [4.78, 5) is 22.1. The van der Waals surface area contributed by atoms with E-state index in [1.807, 2.05) is 92.3 Å². The fraction of sp³-hybridized carbons (Fsp3) is 0.323. The Morgan fingerprint density at radius 1 is 0.925 bits per heavy atom. The van der Waals surface area contributed by atoms with Crippen molar-refractivity contribution in [1.29, 1.82) is 0 Å². The number of para-hydroxylation sites is 1. The predicted molar refractivity (Wildman–Crippen MR) is 160 cm³/mol. The number of carbonyl (C=O) groups excluding carboxylic acids is 1. The topological polar surface area (TPSA) is 87.6 Å². The van der Waals surface area contributed by atoms with Crippen molar-refractivity contribution in [2.24, 2.45) is 0 Å². The van der Waals surface area contributed by atoms with Crippen LogP contribution in [-0.2, 0) is 0 Å². The van der Waals surface area contributed by atoms with Crippen molar-refractivity contribution in [3.8, 4) is 11.4 Å². The summed E-state index contributed by atoms with van der Waals surface area (Å²) in [5, 5.41) is 10.4. The van der Waals surface area contributed by atoms with Crippen LogP contribution in [0.3, 0.4) is 0 Å². The third kappa shape index (κ3) is 6.79. The van der Waals surface area contributed by atoms with Crippen molar-refractivity contribution in [3.63, 3.8) is 0 Å². The fourth-order valence-corrected chi connectivity index (χ4v) is 4.99. The molecule has 0 atom stereocenters. The Labute approximate surface area is 235 Å². The number of ether oxygens (including phenoxy) is 1. The van der Waals surface area contributed by atoms with Gasteiger partial charge in [-0.05, 0) is 81.3 Å². The van der Waals surface area contributed by atoms with E-state index in [0.29, 0.717) is 23.7 Å². The minimum Gasteiger partial charge on any atom is -0.491 e. The standard InChI is InChI=1S/C31H37N7O2/c1-23-8-6-9-28(40-21-7-16-36-17-19-37(20-18-36)29-10-4-5-15-32-29)30(23)34-31(39)33-26-11-13-27(14-12-26)38-25(3)22-24(2)35-38/h4-6,8-15,22H,7,16-21H2,1-3H3,(H2,33,34,39). The van der Waals surface area contributed by atoms with Gasteiger partial charge in [-0.15, -0.1) is 0 Å². The van der Waals surface area contributed by atoms with Crippen molar-refractivity contribution in [2.45, 2.75) is 27.2 Å². The summed E-state index contributed by atoms with van der Waals surface area (Å²) >= 11 is 0. The van der Waals surface area contributed by atoms with Gasteiger partial charge < -0.3 is 20.3 Å². The number of urea groups is 1. The third-order valence-corrected chi connectivity index (χ3v) is 7.07. The molecule has 0 radical (unpaired) electrons. The van der Waals surface area contributed by atoms with Crippen LogP contribution in [0.5, 0.6) is 5.75 Å². The van der Waals surface area contributed by atoms with Crippen LogP contribution in [0.25, 0.3) is 5.69 Å². The number of amides is 2. The molecular weight excluding hydrogens is 502 g/mol. The molecule has 0 bridgehead atoms. The van der Waals surface area contributed by atoms with Gasteiger partial charge in [-0.3, -0.25) is 4.90 Å². The number of carbonyl (C=O) groups is 1. The number of anilines is 3. The zero-order valence-corrected chi connectivity index (χ0v) is 23.4. The Bertz CT molecular complexity index is 1410. The SMILES string of the molecule is Cc1cc(C)n(-c2ccc(NC(=O)Nc3c(C)cccc3OCCCN3CCN(c4ccccn4)CC3)cc2)n1. The molecular formula is C31H37N7O2. The van der Waals surface area contributed by atoms with Gasteiger partial charge in [0, 0.05) is 50.3 Å². The van der Waals surface area contributed by atoms with E-state index in [0.717, 1.165) is 67.6 Å². The zero-order valence-electron chi connectivity index (χ0n) is 23.4. The van der Waals surface area contributed by atoms with E-state index in [9.17, 15) is 4.79 Å². The Hall–Kier alpha value is -4.37. The van der Waals surface area contributed by atoms with E-state index in [1.54, 1.807) is 0 Å². The monoisotopic (exact) mass is 539 g/mol. The summed E-state index contributed by atoms with van der Waals surface area (Å²) < 4.78 is 8.02. The average Bonchev–Trinajstić information content (AvgIpc) is 3.31. The van der Waals surface area contributed by atoms with Crippen molar-refractivity contribution in [3.05, 3.63) is 89.9 Å². The van der Waals surface area contributed by atoms with Crippen molar-refractivity contribution < 1.29 is 9.53 Å². The molecule has 2 aromatic carbocycles. The lowest BCUT2D eigenvalue weighted by Crippen LogP contribution is -2.47. The molecule has 2 amide bonds. The maximum absolute atomic E-state index is 12.9. The zero-order chi connectivity index (χ0) is 27.9. The second-order valence-electron chi connectivity index (χ2n) is 10.1. The first-order valence-electron chi connectivity index (χ1n) is 13.8. The summed E-state index contributed by atoms with van der Waals surface area (Å²) in [6.45, 7) is 11.5. The molecule has 3 heterocycles. The summed E-state index contributed by atoms with van der Waals surface area (Å²) in [5.41, 5.74) is 5.30. The average molecular weight is 540 g/mol. The Morgan fingerprint density at radius 2 is 1.73 bits per heavy atom. The predicted octanol–water partition coefficient (Wildman–Crippen LogP) is 5.43. The molecule has 2 aromatic heterocycles. The third-order valence-electron chi connectivity index (χ3n) is 7.07. The van der Waals surface area contributed by atoms with Crippen LogP contribution in [0.15, 0.2) is 72.9 Å². The van der Waals surface area contributed by atoms with Gasteiger partial charge in [-0.1, -0.05) is 18.2 Å². The Morgan fingerprint density at radius 3 is 2.42 bits per heavy atom. The summed E-state index contributed by atoms with van der Waals surface area (Å²) in [6, 6.07) is 21.2. The first-order valence-corrected chi connectivity index (χ1v) is 13.8. The molecule has 0 aliphatic carbocycles.